The Bertz CT molecular complexity index is 481. The van der Waals surface area contributed by atoms with Gasteiger partial charge in [0.25, 0.3) is 0 Å². The molecule has 7 heteroatoms. The number of ether oxygens (including phenoxy) is 1. The van der Waals surface area contributed by atoms with Crippen molar-refractivity contribution in [1.82, 2.24) is 15.2 Å². The van der Waals surface area contributed by atoms with E-state index in [9.17, 15) is 4.79 Å². The Labute approximate surface area is 118 Å². The summed E-state index contributed by atoms with van der Waals surface area (Å²) < 4.78 is 5.44. The van der Waals surface area contributed by atoms with Gasteiger partial charge in [-0.2, -0.15) is 5.10 Å². The Balaban J connectivity index is 2.12. The number of hydrogen-bond donors (Lipinski definition) is 1. The summed E-state index contributed by atoms with van der Waals surface area (Å²) >= 11 is 0. The second-order valence-electron chi connectivity index (χ2n) is 4.75. The highest BCUT2D eigenvalue weighted by atomic mass is 16.5. The molecule has 110 valence electrons. The average molecular weight is 280 g/mol. The molecule has 1 aliphatic rings. The van der Waals surface area contributed by atoms with Crippen molar-refractivity contribution in [3.8, 4) is 0 Å². The lowest BCUT2D eigenvalue weighted by Gasteiger charge is -2.32. The normalized spacial score (nSPS) is 19.1. The highest BCUT2D eigenvalue weighted by Crippen LogP contribution is 2.16. The maximum atomic E-state index is 10.8. The Morgan fingerprint density at radius 2 is 2.10 bits per heavy atom. The molecule has 1 atom stereocenters. The lowest BCUT2D eigenvalue weighted by Crippen LogP contribution is -2.44. The number of carboxylic acid groups (broad SMARTS) is 1. The van der Waals surface area contributed by atoms with Crippen LogP contribution in [-0.4, -0.2) is 52.1 Å². The number of aryl methyl sites for hydroxylation is 2. The summed E-state index contributed by atoms with van der Waals surface area (Å²) in [6, 6.07) is 0. The Kier molecular flexibility index (Phi) is 4.84. The first-order chi connectivity index (χ1) is 9.63. The van der Waals surface area contributed by atoms with Gasteiger partial charge in [0.2, 0.25) is 5.95 Å². The third-order valence-electron chi connectivity index (χ3n) is 3.32. The molecular formula is C13H20N4O3. The smallest absolute Gasteiger partial charge is 0.306 e. The van der Waals surface area contributed by atoms with E-state index in [1.807, 2.05) is 18.7 Å². The third-order valence-corrected chi connectivity index (χ3v) is 3.32. The fourth-order valence-corrected chi connectivity index (χ4v) is 2.28. The molecule has 0 saturated carbocycles. The van der Waals surface area contributed by atoms with Crippen LogP contribution in [0.5, 0.6) is 0 Å². The number of morpholine rings is 1. The van der Waals surface area contributed by atoms with Crippen LogP contribution in [0.1, 0.15) is 31.7 Å². The number of carboxylic acids is 1. The van der Waals surface area contributed by atoms with Crippen molar-refractivity contribution >= 4 is 11.9 Å². The highest BCUT2D eigenvalue weighted by Gasteiger charge is 2.25. The van der Waals surface area contributed by atoms with Crippen LogP contribution in [-0.2, 0) is 22.4 Å². The predicted octanol–water partition coefficient (Wildman–Crippen LogP) is 0.676. The molecule has 1 saturated heterocycles. The maximum absolute atomic E-state index is 10.8. The number of nitrogens with zero attached hydrogens (tertiary/aromatic N) is 4. The van der Waals surface area contributed by atoms with Gasteiger partial charge in [0.05, 0.1) is 30.5 Å². The van der Waals surface area contributed by atoms with Gasteiger partial charge in [-0.1, -0.05) is 13.8 Å². The first-order valence-electron chi connectivity index (χ1n) is 6.94. The van der Waals surface area contributed by atoms with Crippen LogP contribution >= 0.6 is 0 Å². The molecule has 1 fully saturated rings. The lowest BCUT2D eigenvalue weighted by molar-refractivity contribution is -0.140. The SMILES string of the molecule is CCc1nnc(N2CCOC(CC(=O)O)C2)nc1CC. The van der Waals surface area contributed by atoms with E-state index in [0.717, 1.165) is 24.2 Å². The van der Waals surface area contributed by atoms with Gasteiger partial charge in [-0.3, -0.25) is 4.79 Å². The zero-order valence-electron chi connectivity index (χ0n) is 11.9. The van der Waals surface area contributed by atoms with Gasteiger partial charge in [-0.25, -0.2) is 4.98 Å². The number of aromatic nitrogens is 3. The molecule has 2 heterocycles. The van der Waals surface area contributed by atoms with Crippen LogP contribution in [0.15, 0.2) is 0 Å². The monoisotopic (exact) mass is 280 g/mol. The van der Waals surface area contributed by atoms with Crippen molar-refractivity contribution in [2.75, 3.05) is 24.6 Å². The first kappa shape index (κ1) is 14.6. The summed E-state index contributed by atoms with van der Waals surface area (Å²) in [5.41, 5.74) is 1.88. The molecular weight excluding hydrogens is 260 g/mol. The van der Waals surface area contributed by atoms with E-state index < -0.39 is 5.97 Å². The number of aliphatic carboxylic acids is 1. The van der Waals surface area contributed by atoms with Crippen molar-refractivity contribution in [3.63, 3.8) is 0 Å². The maximum Gasteiger partial charge on any atom is 0.306 e. The van der Waals surface area contributed by atoms with Crippen molar-refractivity contribution in [2.45, 2.75) is 39.2 Å². The molecule has 0 aliphatic carbocycles. The largest absolute Gasteiger partial charge is 0.481 e. The molecule has 1 unspecified atom stereocenters. The molecule has 1 aromatic heterocycles. The van der Waals surface area contributed by atoms with E-state index in [2.05, 4.69) is 15.2 Å². The van der Waals surface area contributed by atoms with Gasteiger partial charge in [0, 0.05) is 13.1 Å². The van der Waals surface area contributed by atoms with Crippen molar-refractivity contribution in [1.29, 1.82) is 0 Å². The number of carbonyl (C=O) groups is 1. The number of anilines is 1. The standard InChI is InChI=1S/C13H20N4O3/c1-3-10-11(4-2)15-16-13(14-10)17-5-6-20-9(8-17)7-12(18)19/h9H,3-8H2,1-2H3,(H,18,19). The van der Waals surface area contributed by atoms with Crippen LogP contribution in [0.25, 0.3) is 0 Å². The Morgan fingerprint density at radius 3 is 2.75 bits per heavy atom. The summed E-state index contributed by atoms with van der Waals surface area (Å²) in [5.74, 6) is -0.288. The third kappa shape index (κ3) is 3.41. The predicted molar refractivity (Wildman–Crippen MR) is 72.8 cm³/mol. The van der Waals surface area contributed by atoms with Crippen LogP contribution in [0, 0.1) is 0 Å². The summed E-state index contributed by atoms with van der Waals surface area (Å²) in [6.07, 6.45) is 1.31. The Morgan fingerprint density at radius 1 is 1.35 bits per heavy atom. The van der Waals surface area contributed by atoms with E-state index in [-0.39, 0.29) is 12.5 Å². The topological polar surface area (TPSA) is 88.4 Å². The minimum Gasteiger partial charge on any atom is -0.481 e. The van der Waals surface area contributed by atoms with Gasteiger partial charge in [0.1, 0.15) is 0 Å². The van der Waals surface area contributed by atoms with Crippen molar-refractivity contribution < 1.29 is 14.6 Å². The first-order valence-corrected chi connectivity index (χ1v) is 6.94. The molecule has 0 radical (unpaired) electrons. The van der Waals surface area contributed by atoms with E-state index in [1.165, 1.54) is 0 Å². The molecule has 0 spiro atoms. The molecule has 0 bridgehead atoms. The lowest BCUT2D eigenvalue weighted by atomic mass is 10.2. The van der Waals surface area contributed by atoms with Gasteiger partial charge in [0.15, 0.2) is 0 Å². The zero-order valence-corrected chi connectivity index (χ0v) is 11.9. The average Bonchev–Trinajstić information content (AvgIpc) is 2.46. The number of rotatable bonds is 5. The Hall–Kier alpha value is -1.76. The molecule has 20 heavy (non-hydrogen) atoms. The second-order valence-corrected chi connectivity index (χ2v) is 4.75. The zero-order chi connectivity index (χ0) is 14.5. The molecule has 1 aromatic rings. The number of hydrogen-bond acceptors (Lipinski definition) is 6. The van der Waals surface area contributed by atoms with Gasteiger partial charge in [-0.15, -0.1) is 5.10 Å². The summed E-state index contributed by atoms with van der Waals surface area (Å²) in [6.45, 7) is 5.70. The van der Waals surface area contributed by atoms with Crippen molar-refractivity contribution in [2.24, 2.45) is 0 Å². The quantitative estimate of drug-likeness (QED) is 0.848. The van der Waals surface area contributed by atoms with Gasteiger partial charge in [-0.05, 0) is 12.8 Å². The van der Waals surface area contributed by atoms with E-state index in [0.29, 0.717) is 25.6 Å². The highest BCUT2D eigenvalue weighted by molar-refractivity contribution is 5.67. The van der Waals surface area contributed by atoms with Crippen LogP contribution < -0.4 is 4.90 Å². The second kappa shape index (κ2) is 6.60. The van der Waals surface area contributed by atoms with Crippen LogP contribution in [0.2, 0.25) is 0 Å². The van der Waals surface area contributed by atoms with Crippen molar-refractivity contribution in [3.05, 3.63) is 11.4 Å². The fourth-order valence-electron chi connectivity index (χ4n) is 2.28. The molecule has 0 aromatic carbocycles. The molecule has 1 aliphatic heterocycles. The van der Waals surface area contributed by atoms with Gasteiger partial charge < -0.3 is 14.7 Å². The van der Waals surface area contributed by atoms with E-state index >= 15 is 0 Å². The minimum atomic E-state index is -0.855. The molecule has 1 N–H and O–H groups in total. The summed E-state index contributed by atoms with van der Waals surface area (Å²) in [7, 11) is 0. The molecule has 0 amide bonds. The van der Waals surface area contributed by atoms with Crippen LogP contribution in [0.4, 0.5) is 5.95 Å². The summed E-state index contributed by atoms with van der Waals surface area (Å²) in [4.78, 5) is 17.2. The molecule has 2 rings (SSSR count). The minimum absolute atomic E-state index is 0.00237. The summed E-state index contributed by atoms with van der Waals surface area (Å²) in [5, 5.41) is 17.2. The fraction of sp³-hybridized carbons (Fsp3) is 0.692. The van der Waals surface area contributed by atoms with Crippen LogP contribution in [0.3, 0.4) is 0 Å². The molecule has 7 nitrogen and oxygen atoms in total. The van der Waals surface area contributed by atoms with E-state index in [4.69, 9.17) is 9.84 Å². The van der Waals surface area contributed by atoms with E-state index in [1.54, 1.807) is 0 Å². The van der Waals surface area contributed by atoms with Gasteiger partial charge >= 0.3 is 5.97 Å².